The summed E-state index contributed by atoms with van der Waals surface area (Å²) in [6, 6.07) is -0.0311. The van der Waals surface area contributed by atoms with Gasteiger partial charge in [-0.15, -0.1) is 0 Å². The summed E-state index contributed by atoms with van der Waals surface area (Å²) in [6.45, 7) is 1.93. The van der Waals surface area contributed by atoms with Gasteiger partial charge in [0.25, 0.3) is 0 Å². The summed E-state index contributed by atoms with van der Waals surface area (Å²) in [5, 5.41) is 22.5. The van der Waals surface area contributed by atoms with Gasteiger partial charge in [0.15, 0.2) is 0 Å². The highest BCUT2D eigenvalue weighted by Crippen LogP contribution is 2.14. The van der Waals surface area contributed by atoms with Crippen molar-refractivity contribution in [3.8, 4) is 0 Å². The van der Waals surface area contributed by atoms with E-state index >= 15 is 0 Å². The molecule has 7 nitrogen and oxygen atoms in total. The van der Waals surface area contributed by atoms with Crippen LogP contribution in [-0.2, 0) is 0 Å². The highest BCUT2D eigenvalue weighted by molar-refractivity contribution is 7.99. The molecule has 0 aromatic carbocycles. The fraction of sp³-hybridized carbons (Fsp3) is 0.556. The molecule has 0 bridgehead atoms. The minimum absolute atomic E-state index is 0.0220. The molecular formula is C9H14N4O3S. The van der Waals surface area contributed by atoms with Crippen LogP contribution in [0.15, 0.2) is 12.4 Å². The van der Waals surface area contributed by atoms with Crippen LogP contribution >= 0.6 is 11.8 Å². The second-order valence-electron chi connectivity index (χ2n) is 3.41. The molecule has 0 aliphatic heterocycles. The maximum atomic E-state index is 10.4. The molecule has 94 valence electrons. The van der Waals surface area contributed by atoms with Gasteiger partial charge < -0.3 is 10.4 Å². The lowest BCUT2D eigenvalue weighted by Gasteiger charge is -2.20. The smallest absolute Gasteiger partial charge is 0.305 e. The van der Waals surface area contributed by atoms with Crippen LogP contribution in [0, 0.1) is 10.1 Å². The summed E-state index contributed by atoms with van der Waals surface area (Å²) < 4.78 is 0. The van der Waals surface area contributed by atoms with E-state index in [4.69, 9.17) is 5.11 Å². The minimum Gasteiger partial charge on any atom is -0.395 e. The molecule has 17 heavy (non-hydrogen) atoms. The summed E-state index contributed by atoms with van der Waals surface area (Å²) in [4.78, 5) is 17.5. The number of aromatic nitrogens is 2. The van der Waals surface area contributed by atoms with Gasteiger partial charge in [-0.25, -0.2) is 9.97 Å². The lowest BCUT2D eigenvalue weighted by Crippen LogP contribution is -2.31. The van der Waals surface area contributed by atoms with Crippen LogP contribution in [0.25, 0.3) is 0 Å². The fourth-order valence-corrected chi connectivity index (χ4v) is 1.85. The third kappa shape index (κ3) is 3.82. The molecule has 1 heterocycles. The zero-order valence-electron chi connectivity index (χ0n) is 9.53. The molecule has 0 spiro atoms. The van der Waals surface area contributed by atoms with Gasteiger partial charge in [0.05, 0.1) is 11.5 Å². The number of aliphatic hydroxyl groups is 1. The Balaban J connectivity index is 2.65. The molecule has 1 aromatic heterocycles. The van der Waals surface area contributed by atoms with Gasteiger partial charge in [0, 0.05) is 11.3 Å². The molecule has 0 fully saturated rings. The zero-order chi connectivity index (χ0) is 12.8. The predicted molar refractivity (Wildman–Crippen MR) is 66.2 cm³/mol. The second-order valence-corrected chi connectivity index (χ2v) is 4.49. The van der Waals surface area contributed by atoms with E-state index in [1.807, 2.05) is 13.2 Å². The van der Waals surface area contributed by atoms with E-state index in [9.17, 15) is 10.1 Å². The third-order valence-corrected chi connectivity index (χ3v) is 3.41. The number of rotatable bonds is 6. The van der Waals surface area contributed by atoms with Gasteiger partial charge in [-0.2, -0.15) is 11.8 Å². The fourth-order valence-electron chi connectivity index (χ4n) is 1.22. The van der Waals surface area contributed by atoms with E-state index in [1.165, 1.54) is 11.8 Å². The second kappa shape index (κ2) is 6.36. The van der Waals surface area contributed by atoms with E-state index in [-0.39, 0.29) is 23.6 Å². The van der Waals surface area contributed by atoms with Crippen LogP contribution in [0.5, 0.6) is 0 Å². The predicted octanol–water partition coefficient (Wildman–Crippen LogP) is 0.909. The summed E-state index contributed by atoms with van der Waals surface area (Å²) in [7, 11) is 0. The number of thioether (sulfide) groups is 1. The molecule has 2 N–H and O–H groups in total. The summed E-state index contributed by atoms with van der Waals surface area (Å²) in [5.74, 6) is 0.315. The van der Waals surface area contributed by atoms with Gasteiger partial charge in [-0.1, -0.05) is 0 Å². The molecule has 1 aromatic rings. The van der Waals surface area contributed by atoms with Crippen molar-refractivity contribution in [1.29, 1.82) is 0 Å². The number of hydrogen-bond donors (Lipinski definition) is 2. The third-order valence-electron chi connectivity index (χ3n) is 2.25. The van der Waals surface area contributed by atoms with Crippen LogP contribution in [-0.4, -0.2) is 44.2 Å². The van der Waals surface area contributed by atoms with Crippen molar-refractivity contribution in [3.63, 3.8) is 0 Å². The first-order valence-electron chi connectivity index (χ1n) is 4.95. The lowest BCUT2D eigenvalue weighted by atomic mass is 10.2. The Hall–Kier alpha value is -1.41. The topological polar surface area (TPSA) is 101 Å². The van der Waals surface area contributed by atoms with Crippen LogP contribution < -0.4 is 5.32 Å². The first-order valence-corrected chi connectivity index (χ1v) is 6.24. The molecule has 2 unspecified atom stereocenters. The standard InChI is InChI=1S/C9H14N4O3S/c1-6(8(5-14)17-2)12-9-10-3-7(4-11-9)13(15)16/h3-4,6,8,14H,5H2,1-2H3,(H,10,11,12). The average molecular weight is 258 g/mol. The van der Waals surface area contributed by atoms with Crippen LogP contribution in [0.1, 0.15) is 6.92 Å². The maximum Gasteiger partial charge on any atom is 0.305 e. The van der Waals surface area contributed by atoms with E-state index in [0.29, 0.717) is 5.95 Å². The minimum atomic E-state index is -0.550. The molecule has 8 heteroatoms. The largest absolute Gasteiger partial charge is 0.395 e. The first-order chi connectivity index (χ1) is 8.08. The molecule has 0 radical (unpaired) electrons. The molecule has 0 aliphatic rings. The van der Waals surface area contributed by atoms with E-state index < -0.39 is 4.92 Å². The number of nitrogens with one attached hydrogen (secondary N) is 1. The molecule has 0 saturated heterocycles. The monoisotopic (exact) mass is 258 g/mol. The van der Waals surface area contributed by atoms with Crippen molar-refractivity contribution in [2.24, 2.45) is 0 Å². The van der Waals surface area contributed by atoms with Crippen molar-refractivity contribution >= 4 is 23.4 Å². The van der Waals surface area contributed by atoms with Crippen molar-refractivity contribution in [2.75, 3.05) is 18.2 Å². The Morgan fingerprint density at radius 3 is 2.59 bits per heavy atom. The highest BCUT2D eigenvalue weighted by atomic mass is 32.2. The van der Waals surface area contributed by atoms with Gasteiger partial charge in [-0.3, -0.25) is 10.1 Å². The van der Waals surface area contributed by atoms with Crippen LogP contribution in [0.2, 0.25) is 0 Å². The van der Waals surface area contributed by atoms with Crippen molar-refractivity contribution in [2.45, 2.75) is 18.2 Å². The number of nitro groups is 1. The zero-order valence-corrected chi connectivity index (χ0v) is 10.3. The normalized spacial score (nSPS) is 14.1. The molecular weight excluding hydrogens is 244 g/mol. The van der Waals surface area contributed by atoms with Gasteiger partial charge in [-0.05, 0) is 13.2 Å². The van der Waals surface area contributed by atoms with Crippen molar-refractivity contribution in [3.05, 3.63) is 22.5 Å². The quantitative estimate of drug-likeness (QED) is 0.577. The van der Waals surface area contributed by atoms with Crippen LogP contribution in [0.4, 0.5) is 11.6 Å². The van der Waals surface area contributed by atoms with Crippen molar-refractivity contribution in [1.82, 2.24) is 9.97 Å². The maximum absolute atomic E-state index is 10.4. The summed E-state index contributed by atoms with van der Waals surface area (Å²) in [5.41, 5.74) is -0.147. The molecule has 0 aliphatic carbocycles. The Kier molecular flexibility index (Phi) is 5.11. The lowest BCUT2D eigenvalue weighted by molar-refractivity contribution is -0.385. The van der Waals surface area contributed by atoms with Crippen LogP contribution in [0.3, 0.4) is 0 Å². The Morgan fingerprint density at radius 1 is 1.59 bits per heavy atom. The van der Waals surface area contributed by atoms with Gasteiger partial charge >= 0.3 is 5.69 Å². The highest BCUT2D eigenvalue weighted by Gasteiger charge is 2.16. The molecule has 1 rings (SSSR count). The molecule has 0 amide bonds. The van der Waals surface area contributed by atoms with Gasteiger partial charge in [0.1, 0.15) is 12.4 Å². The Morgan fingerprint density at radius 2 is 2.18 bits per heavy atom. The van der Waals surface area contributed by atoms with Gasteiger partial charge in [0.2, 0.25) is 5.95 Å². The summed E-state index contributed by atoms with van der Waals surface area (Å²) in [6.07, 6.45) is 4.19. The number of hydrogen-bond acceptors (Lipinski definition) is 7. The molecule has 0 saturated carbocycles. The van der Waals surface area contributed by atoms with E-state index in [1.54, 1.807) is 0 Å². The number of nitrogens with zero attached hydrogens (tertiary/aromatic N) is 3. The van der Waals surface area contributed by atoms with E-state index in [0.717, 1.165) is 12.4 Å². The SMILES string of the molecule is CSC(CO)C(C)Nc1ncc([N+](=O)[O-])cn1. The first kappa shape index (κ1) is 13.7. The Bertz CT molecular complexity index is 369. The van der Waals surface area contributed by atoms with Crippen molar-refractivity contribution < 1.29 is 10.0 Å². The molecule has 2 atom stereocenters. The Labute approximate surface area is 103 Å². The number of anilines is 1. The van der Waals surface area contributed by atoms with E-state index in [2.05, 4.69) is 15.3 Å². The average Bonchev–Trinajstić information content (AvgIpc) is 2.31. The number of aliphatic hydroxyl groups excluding tert-OH is 1. The summed E-state index contributed by atoms with van der Waals surface area (Å²) >= 11 is 1.53.